The third kappa shape index (κ3) is 7.24. The van der Waals surface area contributed by atoms with E-state index < -0.39 is 0 Å². The number of thioether (sulfide) groups is 1. The molecule has 15 heavy (non-hydrogen) atoms. The molecule has 1 nitrogen and oxygen atoms in total. The first-order valence-electron chi connectivity index (χ1n) is 6.76. The van der Waals surface area contributed by atoms with Crippen molar-refractivity contribution < 1.29 is 0 Å². The van der Waals surface area contributed by atoms with Crippen LogP contribution in [0.1, 0.15) is 64.7 Å². The molecule has 0 amide bonds. The molecule has 1 fully saturated rings. The molecule has 0 saturated carbocycles. The zero-order chi connectivity index (χ0) is 10.8. The molecule has 0 spiro atoms. The van der Waals surface area contributed by atoms with Crippen molar-refractivity contribution in [1.29, 1.82) is 0 Å². The van der Waals surface area contributed by atoms with Crippen molar-refractivity contribution in [2.24, 2.45) is 0 Å². The first kappa shape index (κ1) is 13.4. The van der Waals surface area contributed by atoms with Gasteiger partial charge < -0.3 is 5.32 Å². The lowest BCUT2D eigenvalue weighted by molar-refractivity contribution is 0.559. The lowest BCUT2D eigenvalue weighted by Crippen LogP contribution is -2.12. The highest BCUT2D eigenvalue weighted by Crippen LogP contribution is 2.21. The highest BCUT2D eigenvalue weighted by molar-refractivity contribution is 8.00. The van der Waals surface area contributed by atoms with Crippen LogP contribution in [0.3, 0.4) is 0 Å². The average Bonchev–Trinajstić information content (AvgIpc) is 2.75. The van der Waals surface area contributed by atoms with Gasteiger partial charge in [-0.05, 0) is 6.42 Å². The van der Waals surface area contributed by atoms with Gasteiger partial charge in [-0.15, -0.1) is 11.8 Å². The summed E-state index contributed by atoms with van der Waals surface area (Å²) in [6.07, 6.45) is 13.0. The predicted octanol–water partition coefficient (Wildman–Crippen LogP) is 4.18. The van der Waals surface area contributed by atoms with Crippen molar-refractivity contribution in [2.45, 2.75) is 70.0 Å². The van der Waals surface area contributed by atoms with Gasteiger partial charge in [0, 0.05) is 17.7 Å². The van der Waals surface area contributed by atoms with Crippen LogP contribution < -0.4 is 5.32 Å². The summed E-state index contributed by atoms with van der Waals surface area (Å²) in [7, 11) is 0. The maximum atomic E-state index is 3.41. The summed E-state index contributed by atoms with van der Waals surface area (Å²) in [6, 6.07) is 0. The van der Waals surface area contributed by atoms with E-state index in [2.05, 4.69) is 24.0 Å². The maximum absolute atomic E-state index is 3.41. The fraction of sp³-hybridized carbons (Fsp3) is 1.00. The molecule has 1 aliphatic rings. The van der Waals surface area contributed by atoms with E-state index in [1.165, 1.54) is 70.2 Å². The van der Waals surface area contributed by atoms with E-state index in [9.17, 15) is 0 Å². The molecule has 1 unspecified atom stereocenters. The molecule has 0 aromatic heterocycles. The topological polar surface area (TPSA) is 12.0 Å². The van der Waals surface area contributed by atoms with Crippen molar-refractivity contribution in [3.8, 4) is 0 Å². The molecule has 2 heteroatoms. The summed E-state index contributed by atoms with van der Waals surface area (Å²) in [4.78, 5) is 0. The minimum Gasteiger partial charge on any atom is -0.307 e. The van der Waals surface area contributed by atoms with Gasteiger partial charge in [0.25, 0.3) is 0 Å². The van der Waals surface area contributed by atoms with Crippen LogP contribution in [0.2, 0.25) is 0 Å². The van der Waals surface area contributed by atoms with Crippen LogP contribution >= 0.6 is 11.8 Å². The van der Waals surface area contributed by atoms with Crippen LogP contribution in [0, 0.1) is 0 Å². The Balaban J connectivity index is 1.73. The second-order valence-corrected chi connectivity index (χ2v) is 5.94. The first-order chi connectivity index (χ1) is 7.43. The van der Waals surface area contributed by atoms with Gasteiger partial charge in [0.1, 0.15) is 0 Å². The Morgan fingerprint density at radius 1 is 1.00 bits per heavy atom. The van der Waals surface area contributed by atoms with E-state index >= 15 is 0 Å². The summed E-state index contributed by atoms with van der Waals surface area (Å²) in [5, 5.41) is 4.33. The van der Waals surface area contributed by atoms with Crippen LogP contribution in [0.4, 0.5) is 0 Å². The summed E-state index contributed by atoms with van der Waals surface area (Å²) < 4.78 is 0. The largest absolute Gasteiger partial charge is 0.307 e. The van der Waals surface area contributed by atoms with Crippen LogP contribution in [0.15, 0.2) is 0 Å². The second kappa shape index (κ2) is 9.53. The van der Waals surface area contributed by atoms with Gasteiger partial charge in [-0.3, -0.25) is 0 Å². The van der Waals surface area contributed by atoms with Crippen molar-refractivity contribution in [3.63, 3.8) is 0 Å². The molecule has 1 aliphatic heterocycles. The highest BCUT2D eigenvalue weighted by Gasteiger charge is 2.13. The molecule has 1 heterocycles. The van der Waals surface area contributed by atoms with E-state index in [1.807, 2.05) is 0 Å². The zero-order valence-electron chi connectivity index (χ0n) is 10.3. The Labute approximate surface area is 99.8 Å². The van der Waals surface area contributed by atoms with Crippen LogP contribution in [-0.2, 0) is 0 Å². The average molecular weight is 229 g/mol. The quantitative estimate of drug-likeness (QED) is 0.595. The monoisotopic (exact) mass is 229 g/mol. The lowest BCUT2D eigenvalue weighted by Gasteiger charge is -2.06. The highest BCUT2D eigenvalue weighted by atomic mass is 32.2. The number of unbranched alkanes of at least 4 members (excludes halogenated alkanes) is 7. The van der Waals surface area contributed by atoms with Gasteiger partial charge in [0.05, 0.1) is 0 Å². The van der Waals surface area contributed by atoms with Crippen molar-refractivity contribution >= 4 is 11.8 Å². The SMILES string of the molecule is CCCCCCCCCCC1CNCS1. The Morgan fingerprint density at radius 3 is 2.27 bits per heavy atom. The molecule has 1 N–H and O–H groups in total. The van der Waals surface area contributed by atoms with E-state index in [0.717, 1.165) is 5.25 Å². The summed E-state index contributed by atoms with van der Waals surface area (Å²) in [5.74, 6) is 1.18. The zero-order valence-corrected chi connectivity index (χ0v) is 11.1. The van der Waals surface area contributed by atoms with Crippen molar-refractivity contribution in [1.82, 2.24) is 5.32 Å². The van der Waals surface area contributed by atoms with Crippen LogP contribution in [0.5, 0.6) is 0 Å². The Bertz CT molecular complexity index is 132. The van der Waals surface area contributed by atoms with Crippen LogP contribution in [0.25, 0.3) is 0 Å². The number of rotatable bonds is 9. The van der Waals surface area contributed by atoms with E-state index in [-0.39, 0.29) is 0 Å². The van der Waals surface area contributed by atoms with Gasteiger partial charge in [0.15, 0.2) is 0 Å². The summed E-state index contributed by atoms with van der Waals surface area (Å²) in [6.45, 7) is 3.54. The molecule has 1 saturated heterocycles. The number of nitrogens with one attached hydrogen (secondary N) is 1. The summed E-state index contributed by atoms with van der Waals surface area (Å²) in [5.41, 5.74) is 0. The van der Waals surface area contributed by atoms with Gasteiger partial charge in [-0.2, -0.15) is 0 Å². The van der Waals surface area contributed by atoms with Gasteiger partial charge >= 0.3 is 0 Å². The fourth-order valence-corrected chi connectivity index (χ4v) is 3.19. The lowest BCUT2D eigenvalue weighted by atomic mass is 10.1. The minimum atomic E-state index is 0.921. The maximum Gasteiger partial charge on any atom is 0.0421 e. The molecular weight excluding hydrogens is 202 g/mol. The molecule has 0 bridgehead atoms. The number of hydrogen-bond donors (Lipinski definition) is 1. The molecule has 90 valence electrons. The van der Waals surface area contributed by atoms with E-state index in [0.29, 0.717) is 0 Å². The minimum absolute atomic E-state index is 0.921. The Hall–Kier alpha value is 0.310. The van der Waals surface area contributed by atoms with E-state index in [4.69, 9.17) is 0 Å². The van der Waals surface area contributed by atoms with Gasteiger partial charge in [-0.1, -0.05) is 58.3 Å². The van der Waals surface area contributed by atoms with Gasteiger partial charge in [0.2, 0.25) is 0 Å². The molecule has 0 radical (unpaired) electrons. The van der Waals surface area contributed by atoms with Crippen LogP contribution in [-0.4, -0.2) is 17.7 Å². The number of hydrogen-bond acceptors (Lipinski definition) is 2. The second-order valence-electron chi connectivity index (χ2n) is 4.65. The molecule has 0 aromatic carbocycles. The predicted molar refractivity (Wildman–Crippen MR) is 71.5 cm³/mol. The van der Waals surface area contributed by atoms with Gasteiger partial charge in [-0.25, -0.2) is 0 Å². The molecule has 1 rings (SSSR count). The summed E-state index contributed by atoms with van der Waals surface area (Å²) >= 11 is 2.11. The normalized spacial score (nSPS) is 21.0. The third-order valence-electron chi connectivity index (χ3n) is 3.17. The Morgan fingerprint density at radius 2 is 1.67 bits per heavy atom. The molecular formula is C13H27NS. The van der Waals surface area contributed by atoms with Crippen molar-refractivity contribution in [3.05, 3.63) is 0 Å². The smallest absolute Gasteiger partial charge is 0.0421 e. The Kier molecular flexibility index (Phi) is 8.50. The fourth-order valence-electron chi connectivity index (χ4n) is 2.15. The molecule has 1 atom stereocenters. The molecule has 0 aliphatic carbocycles. The van der Waals surface area contributed by atoms with Crippen molar-refractivity contribution in [2.75, 3.05) is 12.4 Å². The first-order valence-corrected chi connectivity index (χ1v) is 7.80. The third-order valence-corrected chi connectivity index (χ3v) is 4.42. The van der Waals surface area contributed by atoms with E-state index in [1.54, 1.807) is 0 Å². The standard InChI is InChI=1S/C13H27NS/c1-2-3-4-5-6-7-8-9-10-13-11-14-12-15-13/h13-14H,2-12H2,1H3. The molecule has 0 aromatic rings.